The summed E-state index contributed by atoms with van der Waals surface area (Å²) in [5.74, 6) is -0.0715. The number of rotatable bonds is 11. The summed E-state index contributed by atoms with van der Waals surface area (Å²) in [6.45, 7) is 5.84. The second-order valence-corrected chi connectivity index (χ2v) is 21.6. The number of aromatic nitrogens is 9. The molecule has 6 aromatic heterocycles. The number of nitrogens with two attached hydrogens (primary N) is 2. The second kappa shape index (κ2) is 27.9. The Labute approximate surface area is 524 Å². The smallest absolute Gasteiger partial charge is 0.278 e. The van der Waals surface area contributed by atoms with Crippen molar-refractivity contribution in [3.8, 4) is 51.0 Å². The number of anilines is 9. The summed E-state index contributed by atoms with van der Waals surface area (Å²) in [4.78, 5) is 92.0. The van der Waals surface area contributed by atoms with Gasteiger partial charge in [-0.15, -0.1) is 0 Å². The van der Waals surface area contributed by atoms with E-state index in [1.807, 2.05) is 71.4 Å². The summed E-state index contributed by atoms with van der Waals surface area (Å²) in [5.41, 5.74) is 19.3. The zero-order valence-electron chi connectivity index (χ0n) is 50.1. The van der Waals surface area contributed by atoms with Crippen molar-refractivity contribution in [2.24, 2.45) is 5.73 Å². The molecule has 3 aliphatic heterocycles. The first kappa shape index (κ1) is 60.2. The van der Waals surface area contributed by atoms with Gasteiger partial charge in [-0.05, 0) is 79.9 Å². The number of hydrogen-bond acceptors (Lipinski definition) is 23. The van der Waals surface area contributed by atoms with Gasteiger partial charge in [0.15, 0.2) is 40.8 Å². The van der Waals surface area contributed by atoms with Crippen LogP contribution >= 0.6 is 0 Å². The molecular formula is C65H67N19O7. The summed E-state index contributed by atoms with van der Waals surface area (Å²) in [6.07, 6.45) is 15.9. The highest BCUT2D eigenvalue weighted by Crippen LogP contribution is 2.35. The van der Waals surface area contributed by atoms with Gasteiger partial charge in [-0.3, -0.25) is 29.3 Å². The van der Waals surface area contributed by atoms with Crippen LogP contribution in [0.15, 0.2) is 141 Å². The van der Waals surface area contributed by atoms with Gasteiger partial charge in [0.2, 0.25) is 0 Å². The van der Waals surface area contributed by atoms with Gasteiger partial charge in [0.05, 0.1) is 121 Å². The highest BCUT2D eigenvalue weighted by molar-refractivity contribution is 6.09. The Bertz CT molecular complexity index is 4120. The van der Waals surface area contributed by atoms with Crippen molar-refractivity contribution < 1.29 is 33.3 Å². The Hall–Kier alpha value is -11.1. The van der Waals surface area contributed by atoms with Crippen LogP contribution in [0.1, 0.15) is 69.6 Å². The number of hydrogen-bond donors (Lipinski definition) is 7. The molecule has 12 bridgehead atoms. The van der Waals surface area contributed by atoms with Crippen molar-refractivity contribution in [1.82, 2.24) is 44.9 Å². The molecule has 12 rings (SSSR count). The third-order valence-electron chi connectivity index (χ3n) is 15.2. The fraction of sp³-hybridized carbons (Fsp3) is 0.262. The van der Waals surface area contributed by atoms with Crippen molar-refractivity contribution >= 4 is 69.3 Å². The molecule has 9 aromatic rings. The number of fused-ring (bicyclic) bond motifs is 18. The van der Waals surface area contributed by atoms with Gasteiger partial charge in [0.1, 0.15) is 17.2 Å². The first-order valence-electron chi connectivity index (χ1n) is 29.9. The SMILES string of the molecule is CCCN1CCCOc2cccc(c2)-c2cnc(NC3CCN(C)c4ccncc4NC(=O)c4nc(cnc4NCN4CCOCc5cccc(c5)-c5cnc(N)c(n5)C(=O)Nc5cnccc54)-c4cc(OCCCN)cc(c4)O3)c(n2)C(=O)Nc2cnccc21. The topological polar surface area (TPSA) is 326 Å². The summed E-state index contributed by atoms with van der Waals surface area (Å²) in [7, 11) is 1.88. The fourth-order valence-corrected chi connectivity index (χ4v) is 10.7. The lowest BCUT2D eigenvalue weighted by atomic mass is 10.1. The lowest BCUT2D eigenvalue weighted by Crippen LogP contribution is -2.34. The molecule has 0 saturated heterocycles. The van der Waals surface area contributed by atoms with Crippen molar-refractivity contribution in [3.63, 3.8) is 0 Å². The number of ether oxygens (including phenoxy) is 4. The van der Waals surface area contributed by atoms with Crippen LogP contribution in [-0.4, -0.2) is 135 Å². The molecule has 1 atom stereocenters. The lowest BCUT2D eigenvalue weighted by molar-refractivity contribution is 0.101. The monoisotopic (exact) mass is 1230 g/mol. The predicted molar refractivity (Wildman–Crippen MR) is 347 cm³/mol. The average molecular weight is 1230 g/mol. The Kier molecular flexibility index (Phi) is 18.5. The lowest BCUT2D eigenvalue weighted by Gasteiger charge is -2.28. The van der Waals surface area contributed by atoms with E-state index in [1.54, 1.807) is 73.7 Å². The quantitative estimate of drug-likeness (QED) is 0.0598. The van der Waals surface area contributed by atoms with E-state index in [0.29, 0.717) is 113 Å². The van der Waals surface area contributed by atoms with Gasteiger partial charge in [-0.1, -0.05) is 37.3 Å². The van der Waals surface area contributed by atoms with Crippen molar-refractivity contribution in [2.75, 3.05) is 113 Å². The Balaban J connectivity index is 0.899. The van der Waals surface area contributed by atoms with E-state index in [4.69, 9.17) is 50.4 Å². The minimum Gasteiger partial charge on any atom is -0.494 e. The predicted octanol–water partition coefficient (Wildman–Crippen LogP) is 8.37. The highest BCUT2D eigenvalue weighted by Gasteiger charge is 2.28. The summed E-state index contributed by atoms with van der Waals surface area (Å²) in [5, 5.41) is 16.0. The standard InChI is InChI=1S/C65H67N19O7/c1-3-20-83-21-7-25-89-44-11-5-10-42(28-44)48-36-73-62(59(76-48)65(87)80-51-33-69-18-13-54(51)83)81-56-15-22-82(2)53-12-17-68-32-50(53)78-64(86)58-61(72-37-49(77-58)43-29-45(90-24-6-16-66)31-46(30-43)91-56)74-39-84-23-26-88-38-40-8-4-9-41(27-40)47-35-71-60(67)57(75-47)63(85)79-52-34-70-19-14-55(52)84/h4-5,8-14,17-19,27-37,56H,3,6-7,15-16,20-26,38-39,66H2,1-2H3,(H2,67,71)(H,72,74)(H,73,81)(H,78,86)(H,79,85)(H,80,87). The number of nitrogen functional groups attached to an aromatic ring is 1. The molecule has 26 nitrogen and oxygen atoms in total. The minimum absolute atomic E-state index is 0.00319. The third-order valence-corrected chi connectivity index (χ3v) is 15.2. The maximum atomic E-state index is 15.0. The summed E-state index contributed by atoms with van der Waals surface area (Å²) >= 11 is 0. The second-order valence-electron chi connectivity index (χ2n) is 21.6. The third kappa shape index (κ3) is 14.2. The molecule has 1 unspecified atom stereocenters. The maximum absolute atomic E-state index is 15.0. The first-order chi connectivity index (χ1) is 44.5. The normalized spacial score (nSPS) is 15.2. The molecular weight excluding hydrogens is 1160 g/mol. The molecule has 9 heterocycles. The molecule has 0 saturated carbocycles. The molecule has 0 spiro atoms. The Morgan fingerprint density at radius 2 is 1.27 bits per heavy atom. The number of carbonyl (C=O) groups excluding carboxylic acids is 3. The molecule has 26 heteroatoms. The number of amides is 3. The molecule has 9 N–H and O–H groups in total. The molecule has 3 amide bonds. The van der Waals surface area contributed by atoms with Crippen LogP contribution in [0.25, 0.3) is 33.8 Å². The van der Waals surface area contributed by atoms with Crippen LogP contribution < -0.4 is 67.0 Å². The number of benzene rings is 3. The van der Waals surface area contributed by atoms with Crippen LogP contribution in [0.3, 0.4) is 0 Å². The summed E-state index contributed by atoms with van der Waals surface area (Å²) < 4.78 is 25.8. The van der Waals surface area contributed by atoms with E-state index >= 15 is 4.79 Å². The van der Waals surface area contributed by atoms with Gasteiger partial charge in [0, 0.05) is 81.0 Å². The summed E-state index contributed by atoms with van der Waals surface area (Å²) in [6, 6.07) is 25.9. The zero-order chi connectivity index (χ0) is 62.6. The van der Waals surface area contributed by atoms with Gasteiger partial charge in [-0.25, -0.2) is 29.9 Å². The number of nitrogens with one attached hydrogen (secondary N) is 5. The average Bonchev–Trinajstić information content (AvgIpc) is 2.36. The Morgan fingerprint density at radius 3 is 2.01 bits per heavy atom. The molecule has 3 aromatic carbocycles. The largest absolute Gasteiger partial charge is 0.494 e. The van der Waals surface area contributed by atoms with Crippen LogP contribution in [0, 0.1) is 0 Å². The van der Waals surface area contributed by atoms with Crippen LogP contribution in [-0.2, 0) is 11.3 Å². The van der Waals surface area contributed by atoms with Crippen LogP contribution in [0.2, 0.25) is 0 Å². The molecule has 464 valence electrons. The number of carbonyl (C=O) groups is 3. The van der Waals surface area contributed by atoms with Gasteiger partial charge < -0.3 is 71.7 Å². The van der Waals surface area contributed by atoms with E-state index in [2.05, 4.69) is 63.3 Å². The Morgan fingerprint density at radius 1 is 0.648 bits per heavy atom. The minimum atomic E-state index is -0.896. The van der Waals surface area contributed by atoms with Gasteiger partial charge in [0.25, 0.3) is 17.7 Å². The van der Waals surface area contributed by atoms with Crippen LogP contribution in [0.4, 0.5) is 51.6 Å². The fourth-order valence-electron chi connectivity index (χ4n) is 10.7. The van der Waals surface area contributed by atoms with Crippen molar-refractivity contribution in [3.05, 3.63) is 163 Å². The number of nitrogens with zero attached hydrogens (tertiary/aromatic N) is 12. The maximum Gasteiger partial charge on any atom is 0.278 e. The van der Waals surface area contributed by atoms with Crippen LogP contribution in [0.5, 0.6) is 17.2 Å². The van der Waals surface area contributed by atoms with E-state index in [9.17, 15) is 9.59 Å². The van der Waals surface area contributed by atoms with E-state index < -0.39 is 23.9 Å². The van der Waals surface area contributed by atoms with Crippen molar-refractivity contribution in [2.45, 2.75) is 45.4 Å². The molecule has 0 fully saturated rings. The number of pyridine rings is 3. The zero-order valence-corrected chi connectivity index (χ0v) is 50.1. The van der Waals surface area contributed by atoms with Gasteiger partial charge >= 0.3 is 0 Å². The highest BCUT2D eigenvalue weighted by atomic mass is 16.5. The first-order valence-corrected chi connectivity index (χ1v) is 29.9. The molecule has 3 aliphatic rings. The van der Waals surface area contributed by atoms with Gasteiger partial charge in [-0.2, -0.15) is 0 Å². The van der Waals surface area contributed by atoms with E-state index in [-0.39, 0.29) is 67.4 Å². The molecule has 0 radical (unpaired) electrons. The molecule has 91 heavy (non-hydrogen) atoms. The molecule has 0 aliphatic carbocycles. The van der Waals surface area contributed by atoms with E-state index in [0.717, 1.165) is 36.2 Å². The van der Waals surface area contributed by atoms with Crippen molar-refractivity contribution in [1.29, 1.82) is 0 Å². The van der Waals surface area contributed by atoms with E-state index in [1.165, 1.54) is 12.4 Å².